The Morgan fingerprint density at radius 3 is 2.37 bits per heavy atom. The molecule has 5 nitrogen and oxygen atoms in total. The lowest BCUT2D eigenvalue weighted by Gasteiger charge is -2.38. The Morgan fingerprint density at radius 2 is 1.89 bits per heavy atom. The maximum atomic E-state index is 12.6. The van der Waals surface area contributed by atoms with Gasteiger partial charge in [0.25, 0.3) is 0 Å². The maximum Gasteiger partial charge on any atom is 0.226 e. The highest BCUT2D eigenvalue weighted by Crippen LogP contribution is 2.34. The number of nitrogens with one attached hydrogen (secondary N) is 2. The number of piperidine rings is 1. The standard InChI is InChI=1S/C13H24N2O3S/c1-3-13(4-7-14-8-5-13)11(16)15-12(2)6-9-19(17,18)10-12/h14H,3-10H2,1-2H3,(H,15,16). The molecule has 0 bridgehead atoms. The lowest BCUT2D eigenvalue weighted by Crippen LogP contribution is -2.55. The lowest BCUT2D eigenvalue weighted by atomic mass is 9.75. The van der Waals surface area contributed by atoms with Crippen LogP contribution in [-0.2, 0) is 14.6 Å². The average molecular weight is 288 g/mol. The van der Waals surface area contributed by atoms with Crippen molar-refractivity contribution in [2.75, 3.05) is 24.6 Å². The highest BCUT2D eigenvalue weighted by atomic mass is 32.2. The van der Waals surface area contributed by atoms with E-state index in [2.05, 4.69) is 10.6 Å². The number of carbonyl (C=O) groups is 1. The first kappa shape index (κ1) is 14.8. The number of hydrogen-bond donors (Lipinski definition) is 2. The molecule has 2 heterocycles. The van der Waals surface area contributed by atoms with Gasteiger partial charge in [-0.2, -0.15) is 0 Å². The zero-order valence-electron chi connectivity index (χ0n) is 11.8. The molecule has 6 heteroatoms. The first-order valence-electron chi connectivity index (χ1n) is 7.05. The molecule has 2 saturated heterocycles. The molecular weight excluding hydrogens is 264 g/mol. The van der Waals surface area contributed by atoms with Gasteiger partial charge >= 0.3 is 0 Å². The van der Waals surface area contributed by atoms with Gasteiger partial charge in [0.1, 0.15) is 0 Å². The lowest BCUT2D eigenvalue weighted by molar-refractivity contribution is -0.134. The molecule has 0 radical (unpaired) electrons. The van der Waals surface area contributed by atoms with Crippen LogP contribution in [0, 0.1) is 5.41 Å². The molecule has 2 aliphatic heterocycles. The molecule has 2 fully saturated rings. The SMILES string of the molecule is CCC1(C(=O)NC2(C)CCS(=O)(=O)C2)CCNCC1. The van der Waals surface area contributed by atoms with Gasteiger partial charge in [-0.15, -0.1) is 0 Å². The second kappa shape index (κ2) is 5.05. The minimum atomic E-state index is -2.98. The van der Waals surface area contributed by atoms with E-state index in [1.165, 1.54) is 0 Å². The highest BCUT2D eigenvalue weighted by molar-refractivity contribution is 7.91. The van der Waals surface area contributed by atoms with E-state index in [0.717, 1.165) is 32.4 Å². The largest absolute Gasteiger partial charge is 0.349 e. The van der Waals surface area contributed by atoms with Crippen molar-refractivity contribution < 1.29 is 13.2 Å². The van der Waals surface area contributed by atoms with Gasteiger partial charge in [0, 0.05) is 0 Å². The fourth-order valence-corrected chi connectivity index (χ4v) is 5.26. The fraction of sp³-hybridized carbons (Fsp3) is 0.923. The number of amides is 1. The van der Waals surface area contributed by atoms with Gasteiger partial charge in [-0.1, -0.05) is 6.92 Å². The van der Waals surface area contributed by atoms with Gasteiger partial charge in [0.05, 0.1) is 22.5 Å². The van der Waals surface area contributed by atoms with Crippen molar-refractivity contribution in [1.29, 1.82) is 0 Å². The Bertz CT molecular complexity index is 455. The molecule has 0 aromatic carbocycles. The van der Waals surface area contributed by atoms with Crippen LogP contribution in [0.15, 0.2) is 0 Å². The topological polar surface area (TPSA) is 75.3 Å². The fourth-order valence-electron chi connectivity index (χ4n) is 3.16. The monoisotopic (exact) mass is 288 g/mol. The van der Waals surface area contributed by atoms with Gasteiger partial charge in [0.15, 0.2) is 9.84 Å². The normalized spacial score (nSPS) is 32.9. The van der Waals surface area contributed by atoms with Crippen LogP contribution < -0.4 is 10.6 Å². The van der Waals surface area contributed by atoms with Crippen molar-refractivity contribution >= 4 is 15.7 Å². The molecule has 1 amide bonds. The predicted molar refractivity (Wildman–Crippen MR) is 74.6 cm³/mol. The minimum absolute atomic E-state index is 0.0381. The Hall–Kier alpha value is -0.620. The summed E-state index contributed by atoms with van der Waals surface area (Å²) in [5, 5.41) is 6.30. The van der Waals surface area contributed by atoms with Crippen molar-refractivity contribution in [3.63, 3.8) is 0 Å². The van der Waals surface area contributed by atoms with E-state index in [9.17, 15) is 13.2 Å². The van der Waals surface area contributed by atoms with Crippen LogP contribution in [0.2, 0.25) is 0 Å². The number of rotatable bonds is 3. The van der Waals surface area contributed by atoms with E-state index < -0.39 is 15.4 Å². The number of sulfone groups is 1. The number of hydrogen-bond acceptors (Lipinski definition) is 4. The summed E-state index contributed by atoms with van der Waals surface area (Å²) in [5.41, 5.74) is -0.899. The predicted octanol–water partition coefficient (Wildman–Crippen LogP) is 0.460. The molecule has 0 spiro atoms. The summed E-state index contributed by atoms with van der Waals surface area (Å²) in [7, 11) is -2.98. The van der Waals surface area contributed by atoms with Gasteiger partial charge in [-0.3, -0.25) is 4.79 Å². The molecular formula is C13H24N2O3S. The minimum Gasteiger partial charge on any atom is -0.349 e. The van der Waals surface area contributed by atoms with Crippen LogP contribution in [0.5, 0.6) is 0 Å². The van der Waals surface area contributed by atoms with E-state index in [0.29, 0.717) is 6.42 Å². The molecule has 2 aliphatic rings. The molecule has 110 valence electrons. The molecule has 19 heavy (non-hydrogen) atoms. The Balaban J connectivity index is 2.08. The Labute approximate surface area is 115 Å². The zero-order chi connectivity index (χ0) is 14.1. The summed E-state index contributed by atoms with van der Waals surface area (Å²) >= 11 is 0. The summed E-state index contributed by atoms with van der Waals surface area (Å²) in [6.45, 7) is 5.60. The zero-order valence-corrected chi connectivity index (χ0v) is 12.6. The molecule has 2 rings (SSSR count). The van der Waals surface area contributed by atoms with Crippen LogP contribution in [0.3, 0.4) is 0 Å². The van der Waals surface area contributed by atoms with Crippen molar-refractivity contribution in [3.05, 3.63) is 0 Å². The first-order valence-corrected chi connectivity index (χ1v) is 8.87. The third-order valence-electron chi connectivity index (χ3n) is 4.64. The third kappa shape index (κ3) is 3.11. The van der Waals surface area contributed by atoms with Gasteiger partial charge in [-0.05, 0) is 45.7 Å². The summed E-state index contributed by atoms with van der Waals surface area (Å²) in [6, 6.07) is 0. The van der Waals surface area contributed by atoms with Crippen LogP contribution in [0.4, 0.5) is 0 Å². The van der Waals surface area contributed by atoms with Crippen molar-refractivity contribution in [1.82, 2.24) is 10.6 Å². The molecule has 0 aromatic heterocycles. The van der Waals surface area contributed by atoms with Crippen molar-refractivity contribution in [3.8, 4) is 0 Å². The quantitative estimate of drug-likeness (QED) is 0.791. The average Bonchev–Trinajstić information content (AvgIpc) is 2.64. The summed E-state index contributed by atoms with van der Waals surface area (Å²) < 4.78 is 23.2. The second-order valence-electron chi connectivity index (χ2n) is 6.24. The molecule has 2 N–H and O–H groups in total. The van der Waals surface area contributed by atoms with E-state index in [-0.39, 0.29) is 22.8 Å². The van der Waals surface area contributed by atoms with Crippen LogP contribution >= 0.6 is 0 Å². The van der Waals surface area contributed by atoms with Crippen molar-refractivity contribution in [2.45, 2.75) is 45.1 Å². The van der Waals surface area contributed by atoms with E-state index >= 15 is 0 Å². The Morgan fingerprint density at radius 1 is 1.26 bits per heavy atom. The molecule has 1 unspecified atom stereocenters. The van der Waals surface area contributed by atoms with Crippen molar-refractivity contribution in [2.24, 2.45) is 5.41 Å². The van der Waals surface area contributed by atoms with Gasteiger partial charge in [0.2, 0.25) is 5.91 Å². The number of carbonyl (C=O) groups excluding carboxylic acids is 1. The highest BCUT2D eigenvalue weighted by Gasteiger charge is 2.44. The first-order chi connectivity index (χ1) is 8.81. The Kier molecular flexibility index (Phi) is 3.93. The summed E-state index contributed by atoms with van der Waals surface area (Å²) in [4.78, 5) is 12.6. The summed E-state index contributed by atoms with van der Waals surface area (Å²) in [6.07, 6.45) is 3.00. The smallest absolute Gasteiger partial charge is 0.226 e. The van der Waals surface area contributed by atoms with E-state index in [4.69, 9.17) is 0 Å². The molecule has 1 atom stereocenters. The summed E-state index contributed by atoms with van der Waals surface area (Å²) in [5.74, 6) is 0.296. The molecule has 0 aliphatic carbocycles. The van der Waals surface area contributed by atoms with E-state index in [1.54, 1.807) is 0 Å². The van der Waals surface area contributed by atoms with Gasteiger partial charge < -0.3 is 10.6 Å². The van der Waals surface area contributed by atoms with Gasteiger partial charge in [-0.25, -0.2) is 8.42 Å². The maximum absolute atomic E-state index is 12.6. The molecule has 0 aromatic rings. The van der Waals surface area contributed by atoms with E-state index in [1.807, 2.05) is 13.8 Å². The molecule has 0 saturated carbocycles. The second-order valence-corrected chi connectivity index (χ2v) is 8.42. The van der Waals surface area contributed by atoms with Crippen LogP contribution in [-0.4, -0.2) is 44.5 Å². The van der Waals surface area contributed by atoms with Crippen LogP contribution in [0.25, 0.3) is 0 Å². The third-order valence-corrected chi connectivity index (χ3v) is 6.54. The van der Waals surface area contributed by atoms with Crippen LogP contribution in [0.1, 0.15) is 39.5 Å².